The number of aryl methyl sites for hydroxylation is 1. The van der Waals surface area contributed by atoms with Gasteiger partial charge in [-0.15, -0.1) is 11.3 Å². The van der Waals surface area contributed by atoms with Crippen LogP contribution in [0.5, 0.6) is 0 Å². The van der Waals surface area contributed by atoms with E-state index in [0.29, 0.717) is 31.5 Å². The van der Waals surface area contributed by atoms with Gasteiger partial charge in [-0.3, -0.25) is 4.99 Å². The number of rotatable bonds is 8. The van der Waals surface area contributed by atoms with Crippen molar-refractivity contribution in [2.75, 3.05) is 25.9 Å². The average molecular weight is 359 g/mol. The average Bonchev–Trinajstić information content (AvgIpc) is 2.86. The molecule has 130 valence electrons. The topological polar surface area (TPSA) is 82.6 Å². The molecular weight excluding hydrogens is 332 g/mol. The second-order valence-corrected chi connectivity index (χ2v) is 8.77. The highest BCUT2D eigenvalue weighted by atomic mass is 32.2. The van der Waals surface area contributed by atoms with Gasteiger partial charge in [-0.25, -0.2) is 13.1 Å². The normalized spacial score (nSPS) is 16.2. The van der Waals surface area contributed by atoms with Gasteiger partial charge < -0.3 is 10.6 Å². The summed E-state index contributed by atoms with van der Waals surface area (Å²) in [7, 11) is -1.53. The second-order valence-electron chi connectivity index (χ2n) is 5.84. The summed E-state index contributed by atoms with van der Waals surface area (Å²) in [5.74, 6) is 1.20. The van der Waals surface area contributed by atoms with E-state index in [0.717, 1.165) is 12.8 Å². The maximum Gasteiger partial charge on any atom is 0.213 e. The molecule has 6 nitrogen and oxygen atoms in total. The van der Waals surface area contributed by atoms with Crippen molar-refractivity contribution in [2.24, 2.45) is 10.9 Å². The molecule has 0 unspecified atom stereocenters. The molecule has 0 spiro atoms. The van der Waals surface area contributed by atoms with Crippen LogP contribution in [0.3, 0.4) is 0 Å². The highest BCUT2D eigenvalue weighted by Gasteiger charge is 2.20. The van der Waals surface area contributed by atoms with Crippen molar-refractivity contribution in [3.8, 4) is 0 Å². The summed E-state index contributed by atoms with van der Waals surface area (Å²) < 4.78 is 26.5. The van der Waals surface area contributed by atoms with Crippen LogP contribution in [0.15, 0.2) is 16.4 Å². The Labute approximate surface area is 142 Å². The third-order valence-corrected chi connectivity index (χ3v) is 6.46. The Bertz CT molecular complexity index is 621. The van der Waals surface area contributed by atoms with Gasteiger partial charge >= 0.3 is 0 Å². The molecule has 0 amide bonds. The Morgan fingerprint density at radius 1 is 1.39 bits per heavy atom. The molecule has 23 heavy (non-hydrogen) atoms. The summed E-state index contributed by atoms with van der Waals surface area (Å²) in [5, 5.41) is 8.31. The van der Waals surface area contributed by atoms with E-state index in [2.05, 4.69) is 38.7 Å². The number of thiophene rings is 1. The first-order valence-corrected chi connectivity index (χ1v) is 10.5. The fraction of sp³-hybridized carbons (Fsp3) is 0.667. The third kappa shape index (κ3) is 6.12. The first-order chi connectivity index (χ1) is 11.0. The zero-order chi connectivity index (χ0) is 16.7. The molecular formula is C15H26N4O2S2. The SMILES string of the molecule is CN=C(NCCS(=O)(=O)NCC1CCC1)NCc1sccc1C. The quantitative estimate of drug-likeness (QED) is 0.485. The number of nitrogens with one attached hydrogen (secondary N) is 3. The Kier molecular flexibility index (Phi) is 6.86. The summed E-state index contributed by atoms with van der Waals surface area (Å²) in [6.07, 6.45) is 3.50. The maximum atomic E-state index is 11.9. The molecule has 0 atom stereocenters. The number of hydrogen-bond donors (Lipinski definition) is 3. The monoisotopic (exact) mass is 358 g/mol. The molecule has 3 N–H and O–H groups in total. The van der Waals surface area contributed by atoms with Crippen LogP contribution in [-0.2, 0) is 16.6 Å². The van der Waals surface area contributed by atoms with Crippen LogP contribution in [0.4, 0.5) is 0 Å². The van der Waals surface area contributed by atoms with Crippen LogP contribution in [0.2, 0.25) is 0 Å². The van der Waals surface area contributed by atoms with E-state index in [1.807, 2.05) is 0 Å². The van der Waals surface area contributed by atoms with E-state index >= 15 is 0 Å². The zero-order valence-electron chi connectivity index (χ0n) is 13.8. The van der Waals surface area contributed by atoms with Crippen molar-refractivity contribution in [2.45, 2.75) is 32.7 Å². The molecule has 1 aromatic rings. The minimum absolute atomic E-state index is 0.0540. The Morgan fingerprint density at radius 2 is 2.17 bits per heavy atom. The molecule has 2 rings (SSSR count). The van der Waals surface area contributed by atoms with Crippen molar-refractivity contribution < 1.29 is 8.42 Å². The van der Waals surface area contributed by atoms with Crippen molar-refractivity contribution in [1.29, 1.82) is 0 Å². The van der Waals surface area contributed by atoms with Crippen LogP contribution in [0, 0.1) is 12.8 Å². The van der Waals surface area contributed by atoms with Gasteiger partial charge in [0.2, 0.25) is 10.0 Å². The molecule has 0 saturated heterocycles. The van der Waals surface area contributed by atoms with E-state index in [9.17, 15) is 8.42 Å². The Morgan fingerprint density at radius 3 is 2.74 bits per heavy atom. The van der Waals surface area contributed by atoms with Gasteiger partial charge in [-0.05, 0) is 42.7 Å². The summed E-state index contributed by atoms with van der Waals surface area (Å²) in [5.41, 5.74) is 1.25. The van der Waals surface area contributed by atoms with E-state index in [-0.39, 0.29) is 5.75 Å². The van der Waals surface area contributed by atoms with Crippen LogP contribution >= 0.6 is 11.3 Å². The van der Waals surface area contributed by atoms with Crippen LogP contribution < -0.4 is 15.4 Å². The van der Waals surface area contributed by atoms with Crippen molar-refractivity contribution in [3.05, 3.63) is 21.9 Å². The molecule has 1 aromatic heterocycles. The van der Waals surface area contributed by atoms with Crippen molar-refractivity contribution in [3.63, 3.8) is 0 Å². The molecule has 0 aliphatic heterocycles. The van der Waals surface area contributed by atoms with Gasteiger partial charge in [0.25, 0.3) is 0 Å². The fourth-order valence-corrected chi connectivity index (χ4v) is 4.14. The van der Waals surface area contributed by atoms with E-state index < -0.39 is 10.0 Å². The Hall–Kier alpha value is -1.12. The highest BCUT2D eigenvalue weighted by Crippen LogP contribution is 2.25. The third-order valence-electron chi connectivity index (χ3n) is 4.09. The minimum atomic E-state index is -3.21. The largest absolute Gasteiger partial charge is 0.355 e. The number of nitrogens with zero attached hydrogens (tertiary/aromatic N) is 1. The standard InChI is InChI=1S/C15H26N4O2S2/c1-12-6-8-22-14(12)11-18-15(16-2)17-7-9-23(20,21)19-10-13-4-3-5-13/h6,8,13,19H,3-5,7,9-11H2,1-2H3,(H2,16,17,18). The zero-order valence-corrected chi connectivity index (χ0v) is 15.4. The number of sulfonamides is 1. The van der Waals surface area contributed by atoms with Gasteiger partial charge in [0.15, 0.2) is 5.96 Å². The van der Waals surface area contributed by atoms with Crippen LogP contribution in [0.25, 0.3) is 0 Å². The minimum Gasteiger partial charge on any atom is -0.355 e. The predicted molar refractivity (Wildman–Crippen MR) is 96.4 cm³/mol. The summed E-state index contributed by atoms with van der Waals surface area (Å²) in [6.45, 7) is 3.68. The predicted octanol–water partition coefficient (Wildman–Crippen LogP) is 1.44. The van der Waals surface area contributed by atoms with E-state index in [4.69, 9.17) is 0 Å². The molecule has 8 heteroatoms. The lowest BCUT2D eigenvalue weighted by Gasteiger charge is -2.25. The van der Waals surface area contributed by atoms with Crippen LogP contribution in [-0.4, -0.2) is 40.3 Å². The van der Waals surface area contributed by atoms with E-state index in [1.54, 1.807) is 18.4 Å². The van der Waals surface area contributed by atoms with Crippen molar-refractivity contribution >= 4 is 27.3 Å². The highest BCUT2D eigenvalue weighted by molar-refractivity contribution is 7.89. The number of guanidine groups is 1. The number of aliphatic imine (C=N–C) groups is 1. The lowest BCUT2D eigenvalue weighted by Crippen LogP contribution is -2.41. The van der Waals surface area contributed by atoms with E-state index in [1.165, 1.54) is 16.9 Å². The summed E-state index contributed by atoms with van der Waals surface area (Å²) in [4.78, 5) is 5.37. The molecule has 1 fully saturated rings. The molecule has 0 bridgehead atoms. The molecule has 1 aliphatic carbocycles. The first-order valence-electron chi connectivity index (χ1n) is 7.95. The lowest BCUT2D eigenvalue weighted by atomic mass is 9.86. The molecule has 1 saturated carbocycles. The lowest BCUT2D eigenvalue weighted by molar-refractivity contribution is 0.316. The summed E-state index contributed by atoms with van der Waals surface area (Å²) >= 11 is 1.70. The fourth-order valence-electron chi connectivity index (χ4n) is 2.29. The van der Waals surface area contributed by atoms with Crippen LogP contribution in [0.1, 0.15) is 29.7 Å². The molecule has 1 heterocycles. The first kappa shape index (κ1) is 18.2. The molecule has 0 radical (unpaired) electrons. The van der Waals surface area contributed by atoms with Gasteiger partial charge in [0.05, 0.1) is 12.3 Å². The van der Waals surface area contributed by atoms with Gasteiger partial charge in [0.1, 0.15) is 0 Å². The molecule has 0 aromatic carbocycles. The van der Waals surface area contributed by atoms with Crippen molar-refractivity contribution in [1.82, 2.24) is 15.4 Å². The van der Waals surface area contributed by atoms with Gasteiger partial charge in [0, 0.05) is 25.0 Å². The summed E-state index contributed by atoms with van der Waals surface area (Å²) in [6, 6.07) is 2.08. The Balaban J connectivity index is 1.67. The number of hydrogen-bond acceptors (Lipinski definition) is 4. The second kappa shape index (κ2) is 8.65. The van der Waals surface area contributed by atoms with Gasteiger partial charge in [-0.1, -0.05) is 6.42 Å². The maximum absolute atomic E-state index is 11.9. The molecule has 1 aliphatic rings. The smallest absolute Gasteiger partial charge is 0.213 e. The van der Waals surface area contributed by atoms with Gasteiger partial charge in [-0.2, -0.15) is 0 Å².